The van der Waals surface area contributed by atoms with Crippen LogP contribution in [0.25, 0.3) is 0 Å². The van der Waals surface area contributed by atoms with E-state index in [1.165, 1.54) is 32.9 Å². The van der Waals surface area contributed by atoms with E-state index in [-0.39, 0.29) is 16.5 Å². The van der Waals surface area contributed by atoms with E-state index in [1.54, 1.807) is 36.4 Å². The van der Waals surface area contributed by atoms with Crippen molar-refractivity contribution >= 4 is 20.0 Å². The summed E-state index contributed by atoms with van der Waals surface area (Å²) in [6.45, 7) is 0.435. The highest BCUT2D eigenvalue weighted by atomic mass is 32.2. The van der Waals surface area contributed by atoms with Crippen molar-refractivity contribution in [1.82, 2.24) is 8.61 Å². The summed E-state index contributed by atoms with van der Waals surface area (Å²) in [6.07, 6.45) is 0.456. The molecule has 1 aliphatic rings. The van der Waals surface area contributed by atoms with Crippen molar-refractivity contribution in [2.45, 2.75) is 16.2 Å². The molecule has 8 heteroatoms. The van der Waals surface area contributed by atoms with Crippen LogP contribution in [0.3, 0.4) is 0 Å². The summed E-state index contributed by atoms with van der Waals surface area (Å²) >= 11 is 0. The molecule has 0 unspecified atom stereocenters. The molecule has 1 heterocycles. The van der Waals surface area contributed by atoms with Gasteiger partial charge in [-0.1, -0.05) is 36.4 Å². The summed E-state index contributed by atoms with van der Waals surface area (Å²) in [6, 6.07) is 16.1. The Morgan fingerprint density at radius 3 is 1.38 bits per heavy atom. The van der Waals surface area contributed by atoms with E-state index >= 15 is 0 Å². The summed E-state index contributed by atoms with van der Waals surface area (Å²) < 4.78 is 53.2. The molecule has 0 amide bonds. The van der Waals surface area contributed by atoms with Gasteiger partial charge in [0.15, 0.2) is 0 Å². The van der Waals surface area contributed by atoms with Crippen LogP contribution >= 0.6 is 0 Å². The van der Waals surface area contributed by atoms with E-state index in [9.17, 15) is 16.8 Å². The number of benzene rings is 2. The Hall–Kier alpha value is -1.74. The lowest BCUT2D eigenvalue weighted by Gasteiger charge is -2.34. The van der Waals surface area contributed by atoms with E-state index in [4.69, 9.17) is 0 Å². The van der Waals surface area contributed by atoms with E-state index in [0.29, 0.717) is 19.5 Å². The molecule has 1 saturated heterocycles. The van der Waals surface area contributed by atoms with Crippen molar-refractivity contribution in [2.24, 2.45) is 0 Å². The van der Waals surface area contributed by atoms with Crippen LogP contribution in [0.4, 0.5) is 0 Å². The Bertz CT molecular complexity index is 822. The van der Waals surface area contributed by atoms with Crippen LogP contribution in [0.15, 0.2) is 70.5 Å². The van der Waals surface area contributed by atoms with Gasteiger partial charge in [0.2, 0.25) is 20.0 Å². The van der Waals surface area contributed by atoms with E-state index < -0.39 is 20.0 Å². The molecule has 0 aliphatic carbocycles. The van der Waals surface area contributed by atoms with Crippen molar-refractivity contribution in [3.63, 3.8) is 0 Å². The van der Waals surface area contributed by atoms with Gasteiger partial charge in [0, 0.05) is 13.1 Å². The van der Waals surface area contributed by atoms with Gasteiger partial charge in [0.05, 0.1) is 16.5 Å². The van der Waals surface area contributed by atoms with Crippen molar-refractivity contribution in [3.05, 3.63) is 60.7 Å². The molecule has 2 aromatic rings. The monoisotopic (exact) mass is 366 g/mol. The fraction of sp³-hybridized carbons (Fsp3) is 0.250. The molecule has 24 heavy (non-hydrogen) atoms. The zero-order valence-electron chi connectivity index (χ0n) is 12.9. The van der Waals surface area contributed by atoms with E-state index in [2.05, 4.69) is 0 Å². The highest BCUT2D eigenvalue weighted by Crippen LogP contribution is 2.23. The molecule has 0 radical (unpaired) electrons. The molecule has 1 fully saturated rings. The lowest BCUT2D eigenvalue weighted by atomic mass is 10.4. The molecule has 3 rings (SSSR count). The lowest BCUT2D eigenvalue weighted by Crippen LogP contribution is -2.49. The van der Waals surface area contributed by atoms with Crippen LogP contribution < -0.4 is 0 Å². The second-order valence-corrected chi connectivity index (χ2v) is 9.36. The lowest BCUT2D eigenvalue weighted by molar-refractivity contribution is 0.231. The molecule has 6 nitrogen and oxygen atoms in total. The predicted molar refractivity (Wildman–Crippen MR) is 90.2 cm³/mol. The first kappa shape index (κ1) is 17.1. The zero-order valence-corrected chi connectivity index (χ0v) is 14.6. The van der Waals surface area contributed by atoms with Crippen molar-refractivity contribution in [3.8, 4) is 0 Å². The minimum absolute atomic E-state index is 0.170. The molecule has 2 aromatic carbocycles. The van der Waals surface area contributed by atoms with Gasteiger partial charge in [-0.2, -0.15) is 8.61 Å². The maximum atomic E-state index is 12.7. The number of rotatable bonds is 4. The summed E-state index contributed by atoms with van der Waals surface area (Å²) in [5.74, 6) is 0. The Morgan fingerprint density at radius 2 is 1.00 bits per heavy atom. The molecular weight excluding hydrogens is 348 g/mol. The van der Waals surface area contributed by atoms with Crippen LogP contribution in [0.2, 0.25) is 0 Å². The van der Waals surface area contributed by atoms with Crippen molar-refractivity contribution in [1.29, 1.82) is 0 Å². The minimum atomic E-state index is -3.71. The zero-order chi connectivity index (χ0) is 17.2. The topological polar surface area (TPSA) is 74.8 Å². The van der Waals surface area contributed by atoms with Gasteiger partial charge in [-0.05, 0) is 30.7 Å². The average Bonchev–Trinajstić information content (AvgIpc) is 2.63. The molecule has 0 atom stereocenters. The van der Waals surface area contributed by atoms with Gasteiger partial charge in [-0.15, -0.1) is 0 Å². The number of sulfonamides is 2. The van der Waals surface area contributed by atoms with Gasteiger partial charge in [0.1, 0.15) is 0 Å². The number of hydrogen-bond acceptors (Lipinski definition) is 4. The minimum Gasteiger partial charge on any atom is -0.207 e. The van der Waals surface area contributed by atoms with Gasteiger partial charge >= 0.3 is 0 Å². The summed E-state index contributed by atoms with van der Waals surface area (Å²) in [7, 11) is -7.42. The number of nitrogens with zero attached hydrogens (tertiary/aromatic N) is 2. The van der Waals surface area contributed by atoms with Gasteiger partial charge in [-0.25, -0.2) is 16.8 Å². The molecule has 128 valence electrons. The largest absolute Gasteiger partial charge is 0.244 e. The van der Waals surface area contributed by atoms with E-state index in [0.717, 1.165) is 0 Å². The van der Waals surface area contributed by atoms with E-state index in [1.807, 2.05) is 0 Å². The quantitative estimate of drug-likeness (QED) is 0.826. The molecule has 0 aromatic heterocycles. The van der Waals surface area contributed by atoms with Crippen LogP contribution in [-0.4, -0.2) is 45.2 Å². The SMILES string of the molecule is O=S(=O)(c1ccccc1)N1CCCN(S(=O)(=O)c2ccccc2)C1. The second kappa shape index (κ2) is 6.64. The standard InChI is InChI=1S/C16H18N2O4S2/c19-23(20,15-8-3-1-4-9-15)17-12-7-13-18(14-17)24(21,22)16-10-5-2-6-11-16/h1-6,8-11H,7,12-14H2. The summed E-state index contributed by atoms with van der Waals surface area (Å²) in [4.78, 5) is 0.341. The molecule has 0 bridgehead atoms. The average molecular weight is 366 g/mol. The Labute approximate surface area is 142 Å². The highest BCUT2D eigenvalue weighted by Gasteiger charge is 2.34. The third-order valence-corrected chi connectivity index (χ3v) is 7.58. The fourth-order valence-electron chi connectivity index (χ4n) is 2.62. The normalized spacial score (nSPS) is 17.7. The van der Waals surface area contributed by atoms with Crippen LogP contribution in [0, 0.1) is 0 Å². The number of hydrogen-bond donors (Lipinski definition) is 0. The fourth-order valence-corrected chi connectivity index (χ4v) is 5.61. The third kappa shape index (κ3) is 3.23. The smallest absolute Gasteiger partial charge is 0.207 e. The molecule has 0 saturated carbocycles. The van der Waals surface area contributed by atoms with Crippen LogP contribution in [0.5, 0.6) is 0 Å². The summed E-state index contributed by atoms with van der Waals surface area (Å²) in [5.41, 5.74) is 0. The first-order valence-electron chi connectivity index (χ1n) is 7.53. The third-order valence-electron chi connectivity index (χ3n) is 3.89. The maximum Gasteiger partial charge on any atom is 0.244 e. The van der Waals surface area contributed by atoms with Crippen LogP contribution in [-0.2, 0) is 20.0 Å². The first-order chi connectivity index (χ1) is 11.4. The second-order valence-electron chi connectivity index (χ2n) is 5.48. The summed E-state index contributed by atoms with van der Waals surface area (Å²) in [5, 5.41) is 0. The molecule has 0 N–H and O–H groups in total. The Kier molecular flexibility index (Phi) is 4.73. The Balaban J connectivity index is 1.88. The van der Waals surface area contributed by atoms with Gasteiger partial charge in [0.25, 0.3) is 0 Å². The molecule has 0 spiro atoms. The van der Waals surface area contributed by atoms with Crippen molar-refractivity contribution in [2.75, 3.05) is 19.8 Å². The first-order valence-corrected chi connectivity index (χ1v) is 10.4. The van der Waals surface area contributed by atoms with Crippen molar-refractivity contribution < 1.29 is 16.8 Å². The van der Waals surface area contributed by atoms with Crippen LogP contribution in [0.1, 0.15) is 6.42 Å². The molecule has 1 aliphatic heterocycles. The predicted octanol–water partition coefficient (Wildman–Crippen LogP) is 1.73. The maximum absolute atomic E-state index is 12.7. The Morgan fingerprint density at radius 1 is 0.625 bits per heavy atom. The molecular formula is C16H18N2O4S2. The van der Waals surface area contributed by atoms with Gasteiger partial charge in [-0.3, -0.25) is 0 Å². The van der Waals surface area contributed by atoms with Gasteiger partial charge < -0.3 is 0 Å². The highest BCUT2D eigenvalue weighted by molar-refractivity contribution is 7.90.